The molecule has 1 spiro atoms. The Balaban J connectivity index is 1.25. The van der Waals surface area contributed by atoms with E-state index in [1.165, 1.54) is 0 Å². The first kappa shape index (κ1) is 19.4. The molecule has 0 saturated carbocycles. The molecule has 6 heteroatoms. The quantitative estimate of drug-likeness (QED) is 0.615. The van der Waals surface area contributed by atoms with Gasteiger partial charge in [0.15, 0.2) is 0 Å². The summed E-state index contributed by atoms with van der Waals surface area (Å²) in [5.74, 6) is 1.60. The SMILES string of the molecule is COc1ccc2c([C@@H](O)CN3CCC4(CC3)C[C@H](O)c3ccccc3O4)c[nH]c2c1. The molecule has 3 N–H and O–H groups in total. The van der Waals surface area contributed by atoms with E-state index in [2.05, 4.69) is 9.88 Å². The second kappa shape index (κ2) is 7.61. The highest BCUT2D eigenvalue weighted by Crippen LogP contribution is 2.44. The number of hydrogen-bond acceptors (Lipinski definition) is 5. The van der Waals surface area contributed by atoms with Crippen molar-refractivity contribution in [3.05, 3.63) is 59.8 Å². The number of β-amino-alcohol motifs (C(OH)–C–C–N with tert-alkyl or cyclic N) is 1. The maximum atomic E-state index is 10.9. The summed E-state index contributed by atoms with van der Waals surface area (Å²) < 4.78 is 11.6. The van der Waals surface area contributed by atoms with Crippen molar-refractivity contribution in [2.75, 3.05) is 26.7 Å². The number of likely N-dealkylation sites (tertiary alicyclic amines) is 1. The van der Waals surface area contributed by atoms with Crippen LogP contribution in [-0.2, 0) is 0 Å². The van der Waals surface area contributed by atoms with Crippen LogP contribution in [0.1, 0.15) is 42.6 Å². The van der Waals surface area contributed by atoms with Gasteiger partial charge in [-0.1, -0.05) is 18.2 Å². The smallest absolute Gasteiger partial charge is 0.125 e. The largest absolute Gasteiger partial charge is 0.497 e. The van der Waals surface area contributed by atoms with Gasteiger partial charge in [0.2, 0.25) is 0 Å². The molecule has 3 heterocycles. The molecular formula is C24H28N2O4. The number of benzene rings is 2. The van der Waals surface area contributed by atoms with Gasteiger partial charge in [-0.15, -0.1) is 0 Å². The van der Waals surface area contributed by atoms with Crippen LogP contribution in [0, 0.1) is 0 Å². The number of para-hydroxylation sites is 1. The molecule has 0 bridgehead atoms. The number of rotatable bonds is 4. The summed E-state index contributed by atoms with van der Waals surface area (Å²) in [5, 5.41) is 22.5. The lowest BCUT2D eigenvalue weighted by atomic mass is 9.81. The normalized spacial score (nSPS) is 21.9. The highest BCUT2D eigenvalue weighted by molar-refractivity contribution is 5.84. The lowest BCUT2D eigenvalue weighted by molar-refractivity contribution is -0.0587. The van der Waals surface area contributed by atoms with Crippen molar-refractivity contribution >= 4 is 10.9 Å². The van der Waals surface area contributed by atoms with Crippen LogP contribution in [0.4, 0.5) is 0 Å². The molecule has 5 rings (SSSR count). The zero-order chi connectivity index (χ0) is 20.7. The van der Waals surface area contributed by atoms with Gasteiger partial charge >= 0.3 is 0 Å². The molecule has 1 aromatic heterocycles. The number of aromatic nitrogens is 1. The molecule has 158 valence electrons. The molecule has 2 atom stereocenters. The molecule has 1 saturated heterocycles. The third kappa shape index (κ3) is 3.45. The Morgan fingerprint density at radius 3 is 2.83 bits per heavy atom. The lowest BCUT2D eigenvalue weighted by Gasteiger charge is -2.46. The van der Waals surface area contributed by atoms with Gasteiger partial charge in [0.25, 0.3) is 0 Å². The van der Waals surface area contributed by atoms with E-state index in [0.29, 0.717) is 13.0 Å². The van der Waals surface area contributed by atoms with Gasteiger partial charge in [0, 0.05) is 60.3 Å². The summed E-state index contributed by atoms with van der Waals surface area (Å²) in [6.07, 6.45) is 3.16. The van der Waals surface area contributed by atoms with Gasteiger partial charge in [-0.05, 0) is 31.0 Å². The Bertz CT molecular complexity index is 1040. The standard InChI is InChI=1S/C24H28N2O4/c1-29-16-6-7-17-19(14-25-20(17)12-16)22(28)15-26-10-8-24(9-11-26)13-21(27)18-4-2-3-5-23(18)30-24/h2-7,12,14,21-22,25,27-28H,8-11,13,15H2,1H3/t21-,22-/m0/s1. The van der Waals surface area contributed by atoms with Crippen molar-refractivity contribution in [1.29, 1.82) is 0 Å². The summed E-state index contributed by atoms with van der Waals surface area (Å²) in [4.78, 5) is 5.52. The summed E-state index contributed by atoms with van der Waals surface area (Å²) in [6, 6.07) is 13.6. The lowest BCUT2D eigenvalue weighted by Crippen LogP contribution is -2.51. The minimum Gasteiger partial charge on any atom is -0.497 e. The van der Waals surface area contributed by atoms with Crippen LogP contribution < -0.4 is 9.47 Å². The Morgan fingerprint density at radius 1 is 1.23 bits per heavy atom. The molecule has 3 aromatic rings. The number of aliphatic hydroxyl groups excluding tert-OH is 2. The Morgan fingerprint density at radius 2 is 2.03 bits per heavy atom. The molecule has 30 heavy (non-hydrogen) atoms. The monoisotopic (exact) mass is 408 g/mol. The molecule has 0 radical (unpaired) electrons. The number of nitrogens with zero attached hydrogens (tertiary/aromatic N) is 1. The van der Waals surface area contributed by atoms with Crippen molar-refractivity contribution in [2.24, 2.45) is 0 Å². The summed E-state index contributed by atoms with van der Waals surface area (Å²) >= 11 is 0. The van der Waals surface area contributed by atoms with E-state index < -0.39 is 12.2 Å². The predicted molar refractivity (Wildman–Crippen MR) is 115 cm³/mol. The van der Waals surface area contributed by atoms with Crippen LogP contribution in [-0.4, -0.2) is 52.4 Å². The van der Waals surface area contributed by atoms with Crippen LogP contribution in [0.3, 0.4) is 0 Å². The Kier molecular flexibility index (Phi) is 4.93. The first-order chi connectivity index (χ1) is 14.6. The van der Waals surface area contributed by atoms with E-state index in [9.17, 15) is 10.2 Å². The van der Waals surface area contributed by atoms with Gasteiger partial charge in [0.05, 0.1) is 19.3 Å². The van der Waals surface area contributed by atoms with Gasteiger partial charge in [-0.25, -0.2) is 0 Å². The molecular weight excluding hydrogens is 380 g/mol. The number of fused-ring (bicyclic) bond motifs is 2. The second-order valence-corrected chi connectivity index (χ2v) is 8.51. The van der Waals surface area contributed by atoms with Crippen LogP contribution >= 0.6 is 0 Å². The van der Waals surface area contributed by atoms with Crippen molar-refractivity contribution in [3.63, 3.8) is 0 Å². The first-order valence-corrected chi connectivity index (χ1v) is 10.6. The van der Waals surface area contributed by atoms with E-state index in [0.717, 1.165) is 59.5 Å². The number of ether oxygens (including phenoxy) is 2. The third-order valence-electron chi connectivity index (χ3n) is 6.65. The average Bonchev–Trinajstić information content (AvgIpc) is 3.19. The van der Waals surface area contributed by atoms with Crippen LogP contribution in [0.25, 0.3) is 10.9 Å². The highest BCUT2D eigenvalue weighted by atomic mass is 16.5. The molecule has 6 nitrogen and oxygen atoms in total. The summed E-state index contributed by atoms with van der Waals surface area (Å²) in [7, 11) is 1.65. The third-order valence-corrected chi connectivity index (χ3v) is 6.65. The highest BCUT2D eigenvalue weighted by Gasteiger charge is 2.43. The first-order valence-electron chi connectivity index (χ1n) is 10.6. The zero-order valence-electron chi connectivity index (χ0n) is 17.2. The van der Waals surface area contributed by atoms with Crippen LogP contribution in [0.2, 0.25) is 0 Å². The molecule has 0 unspecified atom stereocenters. The van der Waals surface area contributed by atoms with E-state index >= 15 is 0 Å². The topological polar surface area (TPSA) is 78.0 Å². The molecule has 0 amide bonds. The number of nitrogens with one attached hydrogen (secondary N) is 1. The minimum atomic E-state index is -0.570. The van der Waals surface area contributed by atoms with Gasteiger partial charge in [-0.3, -0.25) is 0 Å². The minimum absolute atomic E-state index is 0.313. The van der Waals surface area contributed by atoms with Crippen LogP contribution in [0.15, 0.2) is 48.7 Å². The molecule has 2 aromatic carbocycles. The number of H-pyrrole nitrogens is 1. The molecule has 2 aliphatic heterocycles. The number of aromatic amines is 1. The fourth-order valence-corrected chi connectivity index (χ4v) is 4.91. The maximum absolute atomic E-state index is 10.9. The fourth-order valence-electron chi connectivity index (χ4n) is 4.91. The van der Waals surface area contributed by atoms with Gasteiger partial charge in [0.1, 0.15) is 17.1 Å². The Labute approximate surface area is 176 Å². The van der Waals surface area contributed by atoms with Crippen molar-refractivity contribution in [1.82, 2.24) is 9.88 Å². The van der Waals surface area contributed by atoms with Crippen LogP contribution in [0.5, 0.6) is 11.5 Å². The maximum Gasteiger partial charge on any atom is 0.125 e. The van der Waals surface area contributed by atoms with Crippen molar-refractivity contribution < 1.29 is 19.7 Å². The van der Waals surface area contributed by atoms with E-state index in [4.69, 9.17) is 9.47 Å². The van der Waals surface area contributed by atoms with E-state index in [1.807, 2.05) is 48.7 Å². The molecule has 1 fully saturated rings. The number of aliphatic hydroxyl groups is 2. The molecule has 0 aliphatic carbocycles. The number of piperidine rings is 1. The van der Waals surface area contributed by atoms with Crippen molar-refractivity contribution in [2.45, 2.75) is 37.1 Å². The second-order valence-electron chi connectivity index (χ2n) is 8.51. The van der Waals surface area contributed by atoms with Gasteiger partial charge in [-0.2, -0.15) is 0 Å². The van der Waals surface area contributed by atoms with E-state index in [-0.39, 0.29) is 5.60 Å². The summed E-state index contributed by atoms with van der Waals surface area (Å²) in [5.41, 5.74) is 2.44. The predicted octanol–water partition coefficient (Wildman–Crippen LogP) is 3.56. The van der Waals surface area contributed by atoms with Crippen molar-refractivity contribution in [3.8, 4) is 11.5 Å². The number of methoxy groups -OCH3 is 1. The number of hydrogen-bond donors (Lipinski definition) is 3. The fraction of sp³-hybridized carbons (Fsp3) is 0.417. The molecule has 2 aliphatic rings. The average molecular weight is 408 g/mol. The zero-order valence-corrected chi connectivity index (χ0v) is 17.2. The van der Waals surface area contributed by atoms with E-state index in [1.54, 1.807) is 7.11 Å². The summed E-state index contributed by atoms with van der Waals surface area (Å²) in [6.45, 7) is 2.25. The van der Waals surface area contributed by atoms with Gasteiger partial charge < -0.3 is 29.6 Å². The Hall–Kier alpha value is -2.54.